The number of nitrogens with two attached hydrogens (primary N) is 1. The summed E-state index contributed by atoms with van der Waals surface area (Å²) in [6.45, 7) is 2.09. The zero-order valence-corrected chi connectivity index (χ0v) is 7.99. The number of nitrogens with zero attached hydrogens (tertiary/aromatic N) is 3. The highest BCUT2D eigenvalue weighted by Crippen LogP contribution is 1.92. The molecule has 0 radical (unpaired) electrons. The first-order chi connectivity index (χ1) is 6.22. The minimum atomic E-state index is -0.0491. The number of hydrogen-bond donors (Lipinski definition) is 1. The average molecular weight is 178 g/mol. The van der Waals surface area contributed by atoms with Crippen LogP contribution in [0.25, 0.3) is 0 Å². The van der Waals surface area contributed by atoms with Crippen LogP contribution in [0.5, 0.6) is 0 Å². The summed E-state index contributed by atoms with van der Waals surface area (Å²) in [6.07, 6.45) is 3.75. The van der Waals surface area contributed by atoms with Crippen LogP contribution in [0.15, 0.2) is 6.20 Å². The van der Waals surface area contributed by atoms with Gasteiger partial charge >= 0.3 is 0 Å². The fourth-order valence-electron chi connectivity index (χ4n) is 0.954. The van der Waals surface area contributed by atoms with Crippen LogP contribution in [0.1, 0.15) is 25.5 Å². The Morgan fingerprint density at radius 1 is 1.69 bits per heavy atom. The second-order valence-electron chi connectivity index (χ2n) is 2.94. The van der Waals surface area contributed by atoms with Crippen LogP contribution >= 0.6 is 0 Å². The minimum absolute atomic E-state index is 0.0491. The molecule has 0 spiro atoms. The SMILES string of the molecule is CCCC(N)C#Cc1cn(C)nn1. The van der Waals surface area contributed by atoms with Crippen molar-refractivity contribution in [3.8, 4) is 11.8 Å². The summed E-state index contributed by atoms with van der Waals surface area (Å²) in [5.41, 5.74) is 6.39. The largest absolute Gasteiger partial charge is 0.318 e. The molecule has 1 atom stereocenters. The third-order valence-electron chi connectivity index (χ3n) is 1.59. The smallest absolute Gasteiger partial charge is 0.155 e. The molecule has 13 heavy (non-hydrogen) atoms. The normalized spacial score (nSPS) is 11.9. The lowest BCUT2D eigenvalue weighted by Crippen LogP contribution is -2.16. The van der Waals surface area contributed by atoms with Crippen LogP contribution in [0.2, 0.25) is 0 Å². The highest BCUT2D eigenvalue weighted by atomic mass is 15.4. The molecule has 0 amide bonds. The molecule has 70 valence electrons. The van der Waals surface area contributed by atoms with Gasteiger partial charge in [-0.2, -0.15) is 0 Å². The van der Waals surface area contributed by atoms with Crippen LogP contribution in [-0.2, 0) is 7.05 Å². The lowest BCUT2D eigenvalue weighted by Gasteiger charge is -1.97. The molecule has 0 saturated heterocycles. The Labute approximate surface area is 78.1 Å². The van der Waals surface area contributed by atoms with Gasteiger partial charge in [-0.1, -0.05) is 24.5 Å². The van der Waals surface area contributed by atoms with E-state index in [0.717, 1.165) is 12.8 Å². The number of aromatic nitrogens is 3. The lowest BCUT2D eigenvalue weighted by molar-refractivity contribution is 0.714. The van der Waals surface area contributed by atoms with Crippen molar-refractivity contribution in [1.29, 1.82) is 0 Å². The molecule has 0 aliphatic rings. The monoisotopic (exact) mass is 178 g/mol. The van der Waals surface area contributed by atoms with Crippen molar-refractivity contribution < 1.29 is 0 Å². The number of hydrogen-bond acceptors (Lipinski definition) is 3. The highest BCUT2D eigenvalue weighted by Gasteiger charge is 1.95. The first-order valence-electron chi connectivity index (χ1n) is 4.36. The van der Waals surface area contributed by atoms with Crippen molar-refractivity contribution in [2.24, 2.45) is 12.8 Å². The quantitative estimate of drug-likeness (QED) is 0.662. The second kappa shape index (κ2) is 4.63. The molecule has 0 aromatic carbocycles. The van der Waals surface area contributed by atoms with Gasteiger partial charge in [0.05, 0.1) is 12.2 Å². The Morgan fingerprint density at radius 2 is 2.46 bits per heavy atom. The molecule has 1 rings (SSSR count). The summed E-state index contributed by atoms with van der Waals surface area (Å²) in [6, 6.07) is -0.0491. The van der Waals surface area contributed by atoms with Gasteiger partial charge < -0.3 is 5.73 Å². The number of rotatable bonds is 2. The maximum Gasteiger partial charge on any atom is 0.155 e. The van der Waals surface area contributed by atoms with Crippen molar-refractivity contribution >= 4 is 0 Å². The van der Waals surface area contributed by atoms with Crippen molar-refractivity contribution in [3.05, 3.63) is 11.9 Å². The van der Waals surface area contributed by atoms with E-state index in [4.69, 9.17) is 5.73 Å². The third-order valence-corrected chi connectivity index (χ3v) is 1.59. The van der Waals surface area contributed by atoms with Crippen molar-refractivity contribution in [1.82, 2.24) is 15.0 Å². The fourth-order valence-corrected chi connectivity index (χ4v) is 0.954. The minimum Gasteiger partial charge on any atom is -0.318 e. The van der Waals surface area contributed by atoms with E-state index in [0.29, 0.717) is 5.69 Å². The van der Waals surface area contributed by atoms with E-state index in [2.05, 4.69) is 29.1 Å². The summed E-state index contributed by atoms with van der Waals surface area (Å²) < 4.78 is 1.62. The summed E-state index contributed by atoms with van der Waals surface area (Å²) in [4.78, 5) is 0. The molecule has 1 aromatic heterocycles. The molecule has 4 heteroatoms. The maximum atomic E-state index is 5.71. The van der Waals surface area contributed by atoms with Gasteiger partial charge in [0.2, 0.25) is 0 Å². The molecule has 0 aliphatic heterocycles. The molecular formula is C9H14N4. The summed E-state index contributed by atoms with van der Waals surface area (Å²) in [7, 11) is 1.81. The van der Waals surface area contributed by atoms with Crippen LogP contribution in [0.3, 0.4) is 0 Å². The Kier molecular flexibility index (Phi) is 3.47. The number of aryl methyl sites for hydroxylation is 1. The van der Waals surface area contributed by atoms with Gasteiger partial charge in [0.15, 0.2) is 5.69 Å². The van der Waals surface area contributed by atoms with Gasteiger partial charge in [-0.15, -0.1) is 5.10 Å². The van der Waals surface area contributed by atoms with E-state index in [1.807, 2.05) is 7.05 Å². The Balaban J connectivity index is 2.56. The van der Waals surface area contributed by atoms with Gasteiger partial charge in [0.1, 0.15) is 0 Å². The molecule has 4 nitrogen and oxygen atoms in total. The molecule has 0 fully saturated rings. The standard InChI is InChI=1S/C9H14N4/c1-3-4-8(10)5-6-9-7-13(2)12-11-9/h7-8H,3-4,10H2,1-2H3. The van der Waals surface area contributed by atoms with Crippen molar-refractivity contribution in [3.63, 3.8) is 0 Å². The fraction of sp³-hybridized carbons (Fsp3) is 0.556. The average Bonchev–Trinajstić information content (AvgIpc) is 2.49. The van der Waals surface area contributed by atoms with E-state index in [1.54, 1.807) is 10.9 Å². The third kappa shape index (κ3) is 3.26. The zero-order chi connectivity index (χ0) is 9.68. The Hall–Kier alpha value is -1.34. The topological polar surface area (TPSA) is 56.7 Å². The van der Waals surface area contributed by atoms with Gasteiger partial charge in [0, 0.05) is 7.05 Å². The Morgan fingerprint density at radius 3 is 3.00 bits per heavy atom. The van der Waals surface area contributed by atoms with Crippen LogP contribution in [0.4, 0.5) is 0 Å². The van der Waals surface area contributed by atoms with Gasteiger partial charge in [-0.3, -0.25) is 4.68 Å². The molecule has 2 N–H and O–H groups in total. The van der Waals surface area contributed by atoms with Gasteiger partial charge in [-0.25, -0.2) is 0 Å². The van der Waals surface area contributed by atoms with Crippen molar-refractivity contribution in [2.75, 3.05) is 0 Å². The van der Waals surface area contributed by atoms with E-state index < -0.39 is 0 Å². The Bertz CT molecular complexity index is 318. The predicted octanol–water partition coefficient (Wildman–Crippen LogP) is 0.294. The second-order valence-corrected chi connectivity index (χ2v) is 2.94. The molecule has 0 bridgehead atoms. The van der Waals surface area contributed by atoms with Crippen LogP contribution < -0.4 is 5.73 Å². The summed E-state index contributed by atoms with van der Waals surface area (Å²) in [5.74, 6) is 5.81. The molecule has 0 saturated carbocycles. The van der Waals surface area contributed by atoms with Crippen molar-refractivity contribution in [2.45, 2.75) is 25.8 Å². The maximum absolute atomic E-state index is 5.71. The molecule has 1 heterocycles. The van der Waals surface area contributed by atoms with Gasteiger partial charge in [-0.05, 0) is 12.3 Å². The lowest BCUT2D eigenvalue weighted by atomic mass is 10.2. The van der Waals surface area contributed by atoms with E-state index in [-0.39, 0.29) is 6.04 Å². The van der Waals surface area contributed by atoms with Crippen LogP contribution in [-0.4, -0.2) is 21.0 Å². The first-order valence-corrected chi connectivity index (χ1v) is 4.36. The molecule has 1 unspecified atom stereocenters. The van der Waals surface area contributed by atoms with Gasteiger partial charge in [0.25, 0.3) is 0 Å². The molecule has 0 aliphatic carbocycles. The summed E-state index contributed by atoms with van der Waals surface area (Å²) >= 11 is 0. The predicted molar refractivity (Wildman–Crippen MR) is 50.8 cm³/mol. The first kappa shape index (κ1) is 9.75. The molecular weight excluding hydrogens is 164 g/mol. The van der Waals surface area contributed by atoms with E-state index in [9.17, 15) is 0 Å². The molecule has 1 aromatic rings. The van der Waals surface area contributed by atoms with E-state index >= 15 is 0 Å². The summed E-state index contributed by atoms with van der Waals surface area (Å²) in [5, 5.41) is 7.60. The van der Waals surface area contributed by atoms with Crippen LogP contribution in [0, 0.1) is 11.8 Å². The highest BCUT2D eigenvalue weighted by molar-refractivity contribution is 5.25. The zero-order valence-electron chi connectivity index (χ0n) is 7.99. The van der Waals surface area contributed by atoms with E-state index in [1.165, 1.54) is 0 Å².